The van der Waals surface area contributed by atoms with Gasteiger partial charge in [-0.1, -0.05) is 30.0 Å². The fourth-order valence-electron chi connectivity index (χ4n) is 2.89. The van der Waals surface area contributed by atoms with Crippen molar-refractivity contribution in [3.05, 3.63) is 65.0 Å². The first-order valence-corrected chi connectivity index (χ1v) is 10.1. The molecular formula is C20H16F7N3OS. The standard InChI is InChI=1S/C20H16F7N3OS/c1-12-2-7-16(15(21)8-12)30-11-32-17(29(18(30)31)10-19(22,23)24)28-9-13-3-5-14(6-4-13)20(25,26)27/h2-8H,9-11H2,1H3/b28-17+. The van der Waals surface area contributed by atoms with Gasteiger partial charge in [-0.3, -0.25) is 14.8 Å². The van der Waals surface area contributed by atoms with E-state index in [1.807, 2.05) is 0 Å². The van der Waals surface area contributed by atoms with Crippen LogP contribution in [-0.2, 0) is 12.7 Å². The monoisotopic (exact) mass is 479 g/mol. The maximum Gasteiger partial charge on any atom is 0.416 e. The Hall–Kier alpha value is -2.76. The average Bonchev–Trinajstić information content (AvgIpc) is 2.68. The molecule has 1 heterocycles. The molecule has 2 aromatic rings. The number of urea groups is 1. The first-order valence-electron chi connectivity index (χ1n) is 9.10. The third-order valence-electron chi connectivity index (χ3n) is 4.42. The molecule has 1 saturated heterocycles. The highest BCUT2D eigenvalue weighted by molar-refractivity contribution is 8.14. The van der Waals surface area contributed by atoms with Crippen molar-refractivity contribution in [3.8, 4) is 0 Å². The van der Waals surface area contributed by atoms with Crippen molar-refractivity contribution in [2.45, 2.75) is 25.8 Å². The normalized spacial score (nSPS) is 16.8. The van der Waals surface area contributed by atoms with Crippen LogP contribution in [0.1, 0.15) is 16.7 Å². The molecule has 2 aromatic carbocycles. The number of carbonyl (C=O) groups is 1. The number of alkyl halides is 6. The van der Waals surface area contributed by atoms with E-state index in [9.17, 15) is 35.5 Å². The van der Waals surface area contributed by atoms with Gasteiger partial charge in [0.2, 0.25) is 0 Å². The second-order valence-electron chi connectivity index (χ2n) is 6.93. The Morgan fingerprint density at radius 2 is 1.69 bits per heavy atom. The van der Waals surface area contributed by atoms with E-state index in [0.29, 0.717) is 16.0 Å². The van der Waals surface area contributed by atoms with Crippen molar-refractivity contribution in [1.29, 1.82) is 0 Å². The van der Waals surface area contributed by atoms with Crippen molar-refractivity contribution >= 4 is 28.6 Å². The van der Waals surface area contributed by atoms with Gasteiger partial charge in [0.05, 0.1) is 23.7 Å². The van der Waals surface area contributed by atoms with E-state index in [0.717, 1.165) is 47.0 Å². The van der Waals surface area contributed by atoms with Gasteiger partial charge in [-0.15, -0.1) is 0 Å². The van der Waals surface area contributed by atoms with Crippen LogP contribution in [0.15, 0.2) is 47.5 Å². The van der Waals surface area contributed by atoms with Crippen LogP contribution in [0.2, 0.25) is 0 Å². The number of nitrogens with zero attached hydrogens (tertiary/aromatic N) is 3. The molecule has 0 unspecified atom stereocenters. The third kappa shape index (κ3) is 5.72. The summed E-state index contributed by atoms with van der Waals surface area (Å²) in [6.07, 6.45) is -9.27. The van der Waals surface area contributed by atoms with E-state index in [1.54, 1.807) is 6.92 Å². The third-order valence-corrected chi connectivity index (χ3v) is 5.42. The lowest BCUT2D eigenvalue weighted by atomic mass is 10.1. The SMILES string of the molecule is Cc1ccc(N2CS/C(=N/Cc3ccc(C(F)(F)F)cc3)N(CC(F)(F)F)C2=O)c(F)c1. The Morgan fingerprint density at radius 3 is 2.25 bits per heavy atom. The predicted molar refractivity (Wildman–Crippen MR) is 107 cm³/mol. The number of aliphatic imine (C=N–C) groups is 1. The Balaban J connectivity index is 1.85. The molecule has 0 aromatic heterocycles. The van der Waals surface area contributed by atoms with Crippen molar-refractivity contribution in [2.24, 2.45) is 4.99 Å². The topological polar surface area (TPSA) is 35.9 Å². The van der Waals surface area contributed by atoms with Gasteiger partial charge in [-0.05, 0) is 42.3 Å². The van der Waals surface area contributed by atoms with E-state index in [4.69, 9.17) is 0 Å². The molecule has 3 rings (SSSR count). The van der Waals surface area contributed by atoms with Gasteiger partial charge < -0.3 is 0 Å². The number of aryl methyl sites for hydroxylation is 1. The second-order valence-corrected chi connectivity index (χ2v) is 7.85. The first-order chi connectivity index (χ1) is 14.8. The molecule has 0 saturated carbocycles. The zero-order valence-corrected chi connectivity index (χ0v) is 17.3. The number of hydrogen-bond acceptors (Lipinski definition) is 3. The molecule has 0 spiro atoms. The molecule has 0 aliphatic carbocycles. The quantitative estimate of drug-likeness (QED) is 0.490. The van der Waals surface area contributed by atoms with E-state index >= 15 is 0 Å². The van der Waals surface area contributed by atoms with Gasteiger partial charge in [-0.25, -0.2) is 9.18 Å². The summed E-state index contributed by atoms with van der Waals surface area (Å²) < 4.78 is 91.6. The molecule has 0 N–H and O–H groups in total. The molecule has 4 nitrogen and oxygen atoms in total. The Bertz CT molecular complexity index is 1020. The lowest BCUT2D eigenvalue weighted by Crippen LogP contribution is -2.53. The molecule has 0 bridgehead atoms. The minimum atomic E-state index is -4.75. The maximum absolute atomic E-state index is 14.3. The number of carbonyl (C=O) groups excluding carboxylic acids is 1. The zero-order valence-electron chi connectivity index (χ0n) is 16.5. The Kier molecular flexibility index (Phi) is 6.72. The minimum absolute atomic E-state index is 0.165. The summed E-state index contributed by atoms with van der Waals surface area (Å²) in [6.45, 7) is -0.253. The Morgan fingerprint density at radius 1 is 1.03 bits per heavy atom. The first kappa shape index (κ1) is 23.9. The fourth-order valence-corrected chi connectivity index (χ4v) is 3.84. The van der Waals surface area contributed by atoms with Crippen LogP contribution in [0.5, 0.6) is 0 Å². The number of benzene rings is 2. The maximum atomic E-state index is 14.3. The summed E-state index contributed by atoms with van der Waals surface area (Å²) in [4.78, 5) is 18.1. The molecule has 32 heavy (non-hydrogen) atoms. The van der Waals surface area contributed by atoms with E-state index in [-0.39, 0.29) is 23.3 Å². The van der Waals surface area contributed by atoms with Crippen LogP contribution in [0, 0.1) is 12.7 Å². The lowest BCUT2D eigenvalue weighted by molar-refractivity contribution is -0.137. The second kappa shape index (κ2) is 9.00. The largest absolute Gasteiger partial charge is 0.416 e. The lowest BCUT2D eigenvalue weighted by Gasteiger charge is -2.36. The summed E-state index contributed by atoms with van der Waals surface area (Å²) in [5, 5.41) is -0.254. The number of rotatable bonds is 4. The van der Waals surface area contributed by atoms with Crippen molar-refractivity contribution in [1.82, 2.24) is 4.90 Å². The average molecular weight is 479 g/mol. The highest BCUT2D eigenvalue weighted by Gasteiger charge is 2.41. The number of halogens is 7. The number of amides is 2. The molecule has 0 atom stereocenters. The van der Waals surface area contributed by atoms with Gasteiger partial charge in [0, 0.05) is 0 Å². The van der Waals surface area contributed by atoms with Crippen LogP contribution in [0.4, 0.5) is 41.2 Å². The van der Waals surface area contributed by atoms with Crippen LogP contribution < -0.4 is 4.90 Å². The molecule has 172 valence electrons. The predicted octanol–water partition coefficient (Wildman–Crippen LogP) is 6.20. The smallest absolute Gasteiger partial charge is 0.281 e. The summed E-state index contributed by atoms with van der Waals surface area (Å²) in [5.74, 6) is -0.935. The summed E-state index contributed by atoms with van der Waals surface area (Å²) in [7, 11) is 0. The van der Waals surface area contributed by atoms with Gasteiger partial charge in [-0.2, -0.15) is 26.3 Å². The molecule has 2 amide bonds. The van der Waals surface area contributed by atoms with Gasteiger partial charge in [0.25, 0.3) is 0 Å². The van der Waals surface area contributed by atoms with Crippen LogP contribution in [-0.4, -0.2) is 34.7 Å². The molecular weight excluding hydrogens is 463 g/mol. The fraction of sp³-hybridized carbons (Fsp3) is 0.300. The van der Waals surface area contributed by atoms with Gasteiger partial charge in [0.15, 0.2) is 5.17 Å². The molecule has 12 heteroatoms. The van der Waals surface area contributed by atoms with Gasteiger partial charge in [0.1, 0.15) is 12.4 Å². The Labute approximate surface area is 182 Å². The zero-order chi connectivity index (χ0) is 23.7. The molecule has 1 fully saturated rings. The van der Waals surface area contributed by atoms with Gasteiger partial charge >= 0.3 is 18.4 Å². The van der Waals surface area contributed by atoms with Crippen LogP contribution >= 0.6 is 11.8 Å². The van der Waals surface area contributed by atoms with Crippen molar-refractivity contribution in [3.63, 3.8) is 0 Å². The molecule has 1 aliphatic rings. The molecule has 0 radical (unpaired) electrons. The number of anilines is 1. The highest BCUT2D eigenvalue weighted by atomic mass is 32.2. The van der Waals surface area contributed by atoms with E-state index in [1.165, 1.54) is 12.1 Å². The number of amidine groups is 1. The van der Waals surface area contributed by atoms with E-state index in [2.05, 4.69) is 4.99 Å². The summed E-state index contributed by atoms with van der Waals surface area (Å²) in [6, 6.07) is 6.88. The summed E-state index contributed by atoms with van der Waals surface area (Å²) in [5.41, 5.74) is -0.139. The van der Waals surface area contributed by atoms with Crippen LogP contribution in [0.3, 0.4) is 0 Å². The van der Waals surface area contributed by atoms with Crippen LogP contribution in [0.25, 0.3) is 0 Å². The van der Waals surface area contributed by atoms with E-state index < -0.39 is 36.3 Å². The minimum Gasteiger partial charge on any atom is -0.281 e. The highest BCUT2D eigenvalue weighted by Crippen LogP contribution is 2.32. The van der Waals surface area contributed by atoms with Crippen molar-refractivity contribution in [2.75, 3.05) is 17.3 Å². The summed E-state index contributed by atoms with van der Waals surface area (Å²) >= 11 is 0.793. The number of thioether (sulfide) groups is 1. The van der Waals surface area contributed by atoms with Crippen molar-refractivity contribution < 1.29 is 35.5 Å². The molecule has 1 aliphatic heterocycles. The number of hydrogen-bond donors (Lipinski definition) is 0.